The molecule has 12 heteroatoms. The van der Waals surface area contributed by atoms with Gasteiger partial charge < -0.3 is 19.2 Å². The molecule has 0 spiro atoms. The molecule has 206 valence electrons. The predicted octanol–water partition coefficient (Wildman–Crippen LogP) is 4.21. The number of carbonyl (C=O) groups excluding carboxylic acids is 1. The summed E-state index contributed by atoms with van der Waals surface area (Å²) in [6.45, 7) is 4.32. The van der Waals surface area contributed by atoms with Crippen LogP contribution in [0.3, 0.4) is 0 Å². The van der Waals surface area contributed by atoms with Crippen LogP contribution >= 0.6 is 0 Å². The Morgan fingerprint density at radius 2 is 1.97 bits per heavy atom. The van der Waals surface area contributed by atoms with Gasteiger partial charge in [0, 0.05) is 42.4 Å². The van der Waals surface area contributed by atoms with Gasteiger partial charge in [-0.2, -0.15) is 18.3 Å². The number of aliphatic hydroxyl groups excluding tert-OH is 1. The molecule has 9 nitrogen and oxygen atoms in total. The van der Waals surface area contributed by atoms with E-state index in [2.05, 4.69) is 15.0 Å². The van der Waals surface area contributed by atoms with Gasteiger partial charge in [0.05, 0.1) is 44.2 Å². The molecule has 1 N–H and O–H groups in total. The fraction of sp³-hybridized carbons (Fsp3) is 0.370. The molecule has 4 aromatic rings. The van der Waals surface area contributed by atoms with E-state index in [1.807, 2.05) is 6.92 Å². The van der Waals surface area contributed by atoms with Crippen molar-refractivity contribution in [2.45, 2.75) is 32.1 Å². The second-order valence-electron chi connectivity index (χ2n) is 9.55. The zero-order valence-corrected chi connectivity index (χ0v) is 21.6. The van der Waals surface area contributed by atoms with Gasteiger partial charge >= 0.3 is 6.18 Å². The maximum atomic E-state index is 14.3. The number of fused-ring (bicyclic) bond motifs is 1. The average molecular weight is 544 g/mol. The summed E-state index contributed by atoms with van der Waals surface area (Å²) in [6.07, 6.45) is -0.465. The number of aromatic nitrogens is 3. The zero-order valence-electron chi connectivity index (χ0n) is 21.6. The van der Waals surface area contributed by atoms with Gasteiger partial charge in [0.15, 0.2) is 11.3 Å². The first-order valence-electron chi connectivity index (χ1n) is 12.4. The van der Waals surface area contributed by atoms with Crippen molar-refractivity contribution < 1.29 is 32.2 Å². The van der Waals surface area contributed by atoms with Gasteiger partial charge in [0.1, 0.15) is 11.3 Å². The Bertz CT molecular complexity index is 1470. The zero-order chi connectivity index (χ0) is 27.9. The van der Waals surface area contributed by atoms with Crippen molar-refractivity contribution in [1.29, 1.82) is 0 Å². The van der Waals surface area contributed by atoms with Gasteiger partial charge in [-0.25, -0.2) is 9.50 Å². The predicted molar refractivity (Wildman–Crippen MR) is 135 cm³/mol. The molecule has 0 radical (unpaired) electrons. The second-order valence-corrected chi connectivity index (χ2v) is 9.55. The molecule has 1 aromatic carbocycles. The Hall–Kier alpha value is -3.90. The summed E-state index contributed by atoms with van der Waals surface area (Å²) in [5, 5.41) is 13.9. The van der Waals surface area contributed by atoms with E-state index >= 15 is 0 Å². The Morgan fingerprint density at radius 1 is 1.23 bits per heavy atom. The van der Waals surface area contributed by atoms with Crippen molar-refractivity contribution in [1.82, 2.24) is 24.4 Å². The lowest BCUT2D eigenvalue weighted by molar-refractivity contribution is -0.143. The average Bonchev–Trinajstić information content (AvgIpc) is 3.58. The van der Waals surface area contributed by atoms with E-state index in [4.69, 9.17) is 9.15 Å². The third-order valence-electron chi connectivity index (χ3n) is 7.21. The van der Waals surface area contributed by atoms with Crippen LogP contribution in [-0.2, 0) is 6.18 Å². The van der Waals surface area contributed by atoms with E-state index in [1.165, 1.54) is 20.3 Å². The first kappa shape index (κ1) is 26.7. The van der Waals surface area contributed by atoms with Crippen molar-refractivity contribution in [2.75, 3.05) is 33.4 Å². The van der Waals surface area contributed by atoms with Crippen molar-refractivity contribution in [3.8, 4) is 17.0 Å². The molecular formula is C27H28F3N5O4. The van der Waals surface area contributed by atoms with Gasteiger partial charge in [-0.05, 0) is 44.2 Å². The summed E-state index contributed by atoms with van der Waals surface area (Å²) >= 11 is 0. The van der Waals surface area contributed by atoms with Gasteiger partial charge in [-0.1, -0.05) is 0 Å². The lowest BCUT2D eigenvalue weighted by atomic mass is 10.0. The molecule has 3 aromatic heterocycles. The standard InChI is InChI=1S/C27H28F3N5O4/c1-16-13-33(22(14-36)19-8-11-39-15-19)9-10-34(16)26(37)21-12-31-35-24(27(28,29)30)17(2)23(32-25(21)35)18-4-6-20(38-3)7-5-18/h4-8,11-12,15-16,22,36H,9-10,13-14H2,1-3H3/t16-,22-/m1/s1. The van der Waals surface area contributed by atoms with E-state index in [0.717, 1.165) is 11.8 Å². The number of halogens is 3. The largest absolute Gasteiger partial charge is 0.497 e. The molecule has 1 aliphatic rings. The van der Waals surface area contributed by atoms with Crippen LogP contribution in [0.2, 0.25) is 0 Å². The molecule has 2 atom stereocenters. The number of amides is 1. The quantitative estimate of drug-likeness (QED) is 0.389. The fourth-order valence-corrected chi connectivity index (χ4v) is 5.21. The van der Waals surface area contributed by atoms with Crippen LogP contribution in [0.15, 0.2) is 53.5 Å². The molecule has 0 aliphatic carbocycles. The highest BCUT2D eigenvalue weighted by molar-refractivity contribution is 6.00. The summed E-state index contributed by atoms with van der Waals surface area (Å²) < 4.78 is 53.8. The lowest BCUT2D eigenvalue weighted by Crippen LogP contribution is -2.55. The highest BCUT2D eigenvalue weighted by Crippen LogP contribution is 2.37. The van der Waals surface area contributed by atoms with Crippen LogP contribution in [0, 0.1) is 6.92 Å². The number of benzene rings is 1. The van der Waals surface area contributed by atoms with Crippen molar-refractivity contribution >= 4 is 11.6 Å². The second kappa shape index (κ2) is 10.3. The third kappa shape index (κ3) is 4.85. The number of rotatable bonds is 6. The van der Waals surface area contributed by atoms with E-state index in [1.54, 1.807) is 41.5 Å². The van der Waals surface area contributed by atoms with Gasteiger partial charge in [0.2, 0.25) is 0 Å². The van der Waals surface area contributed by atoms with E-state index < -0.39 is 17.8 Å². The molecule has 0 saturated carbocycles. The smallest absolute Gasteiger partial charge is 0.433 e. The van der Waals surface area contributed by atoms with Gasteiger partial charge in [0.25, 0.3) is 5.91 Å². The number of nitrogens with zero attached hydrogens (tertiary/aromatic N) is 5. The van der Waals surface area contributed by atoms with Gasteiger partial charge in [-0.15, -0.1) is 0 Å². The SMILES string of the molecule is COc1ccc(-c2nc3c(C(=O)N4CCN([C@H](CO)c5ccoc5)C[C@H]4C)cnn3c(C(F)(F)F)c2C)cc1. The number of ether oxygens (including phenoxy) is 1. The van der Waals surface area contributed by atoms with Crippen LogP contribution in [0.5, 0.6) is 5.75 Å². The minimum absolute atomic E-state index is 0.0101. The number of piperazine rings is 1. The Labute approximate surface area is 222 Å². The number of carbonyl (C=O) groups is 1. The number of furan rings is 1. The highest BCUT2D eigenvalue weighted by atomic mass is 19.4. The third-order valence-corrected chi connectivity index (χ3v) is 7.21. The minimum Gasteiger partial charge on any atom is -0.497 e. The Kier molecular flexibility index (Phi) is 7.08. The molecule has 1 saturated heterocycles. The topological polar surface area (TPSA) is 96.3 Å². The summed E-state index contributed by atoms with van der Waals surface area (Å²) in [5.74, 6) is 0.101. The number of alkyl halides is 3. The number of aliphatic hydroxyl groups is 1. The minimum atomic E-state index is -4.73. The first-order valence-corrected chi connectivity index (χ1v) is 12.4. The lowest BCUT2D eigenvalue weighted by Gasteiger charge is -2.42. The molecule has 4 heterocycles. The number of hydrogen-bond donors (Lipinski definition) is 1. The maximum Gasteiger partial charge on any atom is 0.433 e. The summed E-state index contributed by atoms with van der Waals surface area (Å²) in [5.41, 5.74) is 0.138. The van der Waals surface area contributed by atoms with Crippen LogP contribution in [0.25, 0.3) is 16.9 Å². The highest BCUT2D eigenvalue weighted by Gasteiger charge is 2.39. The molecule has 39 heavy (non-hydrogen) atoms. The number of methoxy groups -OCH3 is 1. The number of hydrogen-bond acceptors (Lipinski definition) is 7. The normalized spacial score (nSPS) is 17.5. The van der Waals surface area contributed by atoms with Crippen molar-refractivity contribution in [3.05, 3.63) is 71.4 Å². The van der Waals surface area contributed by atoms with Crippen LogP contribution < -0.4 is 4.74 Å². The van der Waals surface area contributed by atoms with Crippen LogP contribution in [0.1, 0.15) is 40.1 Å². The molecule has 0 bridgehead atoms. The summed E-state index contributed by atoms with van der Waals surface area (Å²) in [7, 11) is 1.50. The van der Waals surface area contributed by atoms with Crippen molar-refractivity contribution in [3.63, 3.8) is 0 Å². The fourth-order valence-electron chi connectivity index (χ4n) is 5.21. The first-order chi connectivity index (χ1) is 18.6. The molecule has 1 amide bonds. The monoisotopic (exact) mass is 543 g/mol. The summed E-state index contributed by atoms with van der Waals surface area (Å²) in [4.78, 5) is 21.9. The molecule has 1 fully saturated rings. The molecule has 1 aliphatic heterocycles. The van der Waals surface area contributed by atoms with E-state index in [0.29, 0.717) is 35.5 Å². The molecule has 0 unspecified atom stereocenters. The maximum absolute atomic E-state index is 14.3. The Balaban J connectivity index is 1.50. The molecular weight excluding hydrogens is 515 g/mol. The van der Waals surface area contributed by atoms with Crippen LogP contribution in [0.4, 0.5) is 13.2 Å². The van der Waals surface area contributed by atoms with Crippen LogP contribution in [-0.4, -0.2) is 74.8 Å². The van der Waals surface area contributed by atoms with E-state index in [-0.39, 0.29) is 41.2 Å². The van der Waals surface area contributed by atoms with Crippen molar-refractivity contribution in [2.24, 2.45) is 0 Å². The summed E-state index contributed by atoms with van der Waals surface area (Å²) in [6, 6.07) is 7.75. The Morgan fingerprint density at radius 3 is 2.56 bits per heavy atom. The molecule has 5 rings (SSSR count). The van der Waals surface area contributed by atoms with E-state index in [9.17, 15) is 23.1 Å². The van der Waals surface area contributed by atoms with Gasteiger partial charge in [-0.3, -0.25) is 9.69 Å².